The minimum Gasteiger partial charge on any atom is -0.398 e. The minimum absolute atomic E-state index is 0.135. The van der Waals surface area contributed by atoms with Crippen molar-refractivity contribution < 1.29 is 13.2 Å². The lowest BCUT2D eigenvalue weighted by Crippen LogP contribution is -2.34. The summed E-state index contributed by atoms with van der Waals surface area (Å²) in [5, 5.41) is 2.52. The Kier molecular flexibility index (Phi) is 4.90. The van der Waals surface area contributed by atoms with Crippen molar-refractivity contribution in [1.82, 2.24) is 10.0 Å². The summed E-state index contributed by atoms with van der Waals surface area (Å²) in [6.45, 7) is 5.14. The second-order valence-electron chi connectivity index (χ2n) is 4.31. The van der Waals surface area contributed by atoms with Crippen molar-refractivity contribution >= 4 is 21.6 Å². The third-order valence-corrected chi connectivity index (χ3v) is 4.45. The number of carbonyl (C=O) groups is 1. The Hall–Kier alpha value is -1.60. The molecule has 0 fully saturated rings. The van der Waals surface area contributed by atoms with E-state index in [-0.39, 0.29) is 23.9 Å². The highest BCUT2D eigenvalue weighted by atomic mass is 32.2. The smallest absolute Gasteiger partial charge is 0.241 e. The number of carbonyl (C=O) groups excluding carboxylic acids is 1. The number of aryl methyl sites for hydroxylation is 1. The Morgan fingerprint density at radius 3 is 2.47 bits per heavy atom. The maximum absolute atomic E-state index is 12.2. The molecule has 1 rings (SSSR count). The SMILES string of the molecule is CC(=O)NCCNS(=O)(=O)c1c(C)ccc(N)c1C. The minimum atomic E-state index is -3.62. The summed E-state index contributed by atoms with van der Waals surface area (Å²) in [5.74, 6) is -0.199. The highest BCUT2D eigenvalue weighted by Gasteiger charge is 2.20. The first kappa shape index (κ1) is 15.5. The molecule has 1 amide bonds. The van der Waals surface area contributed by atoms with Gasteiger partial charge in [-0.1, -0.05) is 6.07 Å². The quantitative estimate of drug-likeness (QED) is 0.535. The van der Waals surface area contributed by atoms with Gasteiger partial charge in [0.25, 0.3) is 0 Å². The molecule has 0 aliphatic carbocycles. The molecule has 0 unspecified atom stereocenters. The van der Waals surface area contributed by atoms with Crippen LogP contribution in [0.25, 0.3) is 0 Å². The Labute approximate surface area is 113 Å². The third-order valence-electron chi connectivity index (χ3n) is 2.70. The van der Waals surface area contributed by atoms with Crippen LogP contribution >= 0.6 is 0 Å². The monoisotopic (exact) mass is 285 g/mol. The molecule has 0 bridgehead atoms. The molecule has 0 atom stereocenters. The van der Waals surface area contributed by atoms with Crippen LogP contribution < -0.4 is 15.8 Å². The fourth-order valence-corrected chi connectivity index (χ4v) is 3.28. The van der Waals surface area contributed by atoms with Gasteiger partial charge >= 0.3 is 0 Å². The molecule has 0 radical (unpaired) electrons. The van der Waals surface area contributed by atoms with E-state index in [0.29, 0.717) is 16.8 Å². The van der Waals surface area contributed by atoms with E-state index in [1.165, 1.54) is 6.92 Å². The third kappa shape index (κ3) is 3.93. The van der Waals surface area contributed by atoms with Crippen LogP contribution in [0.2, 0.25) is 0 Å². The molecule has 6 nitrogen and oxygen atoms in total. The molecular weight excluding hydrogens is 266 g/mol. The molecule has 0 aromatic heterocycles. The van der Waals surface area contributed by atoms with Gasteiger partial charge in [-0.05, 0) is 31.0 Å². The Morgan fingerprint density at radius 1 is 1.26 bits per heavy atom. The van der Waals surface area contributed by atoms with Gasteiger partial charge in [-0.3, -0.25) is 4.79 Å². The maximum atomic E-state index is 12.2. The number of sulfonamides is 1. The molecule has 0 saturated heterocycles. The molecule has 0 saturated carbocycles. The fourth-order valence-electron chi connectivity index (χ4n) is 1.75. The average molecular weight is 285 g/mol. The standard InChI is InChI=1S/C12H19N3O3S/c1-8-4-5-11(13)9(2)12(8)19(17,18)15-7-6-14-10(3)16/h4-5,15H,6-7,13H2,1-3H3,(H,14,16). The van der Waals surface area contributed by atoms with Crippen LogP contribution in [0.15, 0.2) is 17.0 Å². The molecule has 0 aliphatic heterocycles. The number of hydrogen-bond acceptors (Lipinski definition) is 4. The van der Waals surface area contributed by atoms with E-state index in [1.54, 1.807) is 26.0 Å². The van der Waals surface area contributed by atoms with Crippen LogP contribution in [-0.2, 0) is 14.8 Å². The Bertz CT molecular complexity index is 582. The van der Waals surface area contributed by atoms with Crippen LogP contribution in [0.3, 0.4) is 0 Å². The van der Waals surface area contributed by atoms with Gasteiger partial charge in [-0.15, -0.1) is 0 Å². The van der Waals surface area contributed by atoms with Crippen LogP contribution in [0.1, 0.15) is 18.1 Å². The van der Waals surface area contributed by atoms with E-state index < -0.39 is 10.0 Å². The molecule has 0 spiro atoms. The number of amides is 1. The van der Waals surface area contributed by atoms with Gasteiger partial charge in [0.1, 0.15) is 0 Å². The van der Waals surface area contributed by atoms with Gasteiger partial charge in [-0.25, -0.2) is 13.1 Å². The predicted octanol–water partition coefficient (Wildman–Crippen LogP) is 0.300. The lowest BCUT2D eigenvalue weighted by Gasteiger charge is -2.13. The van der Waals surface area contributed by atoms with E-state index >= 15 is 0 Å². The number of hydrogen-bond donors (Lipinski definition) is 3. The van der Waals surface area contributed by atoms with Crippen LogP contribution in [0, 0.1) is 13.8 Å². The van der Waals surface area contributed by atoms with E-state index in [1.807, 2.05) is 0 Å². The van der Waals surface area contributed by atoms with E-state index in [9.17, 15) is 13.2 Å². The first-order valence-corrected chi connectivity index (χ1v) is 7.34. The number of nitrogen functional groups attached to an aromatic ring is 1. The van der Waals surface area contributed by atoms with Gasteiger partial charge in [0.05, 0.1) is 4.90 Å². The van der Waals surface area contributed by atoms with Crippen LogP contribution in [0.4, 0.5) is 5.69 Å². The molecule has 1 aromatic rings. The van der Waals surface area contributed by atoms with Gasteiger partial charge in [0.15, 0.2) is 0 Å². The highest BCUT2D eigenvalue weighted by molar-refractivity contribution is 7.89. The first-order valence-electron chi connectivity index (χ1n) is 5.85. The lowest BCUT2D eigenvalue weighted by atomic mass is 10.1. The van der Waals surface area contributed by atoms with Gasteiger partial charge in [0.2, 0.25) is 15.9 Å². The zero-order valence-corrected chi connectivity index (χ0v) is 12.1. The van der Waals surface area contributed by atoms with Crippen molar-refractivity contribution in [3.05, 3.63) is 23.3 Å². The topological polar surface area (TPSA) is 101 Å². The summed E-state index contributed by atoms with van der Waals surface area (Å²) in [5.41, 5.74) is 7.34. The molecule has 0 heterocycles. The second kappa shape index (κ2) is 6.03. The van der Waals surface area contributed by atoms with Gasteiger partial charge < -0.3 is 11.1 Å². The normalized spacial score (nSPS) is 11.3. The summed E-state index contributed by atoms with van der Waals surface area (Å²) in [7, 11) is -3.62. The lowest BCUT2D eigenvalue weighted by molar-refractivity contribution is -0.118. The van der Waals surface area contributed by atoms with Crippen molar-refractivity contribution in [1.29, 1.82) is 0 Å². The van der Waals surface area contributed by atoms with Gasteiger partial charge in [0, 0.05) is 25.7 Å². The average Bonchev–Trinajstić information content (AvgIpc) is 2.29. The van der Waals surface area contributed by atoms with Crippen molar-refractivity contribution in [2.45, 2.75) is 25.7 Å². The summed E-state index contributed by atoms with van der Waals surface area (Å²) >= 11 is 0. The summed E-state index contributed by atoms with van der Waals surface area (Å²) < 4.78 is 26.8. The number of nitrogens with two attached hydrogens (primary N) is 1. The summed E-state index contributed by atoms with van der Waals surface area (Å²) in [6, 6.07) is 3.35. The molecule has 0 aliphatic rings. The molecule has 106 valence electrons. The first-order chi connectivity index (χ1) is 8.75. The predicted molar refractivity (Wildman–Crippen MR) is 74.2 cm³/mol. The molecule has 19 heavy (non-hydrogen) atoms. The zero-order valence-electron chi connectivity index (χ0n) is 11.3. The zero-order chi connectivity index (χ0) is 14.6. The molecule has 1 aromatic carbocycles. The summed E-state index contributed by atoms with van der Waals surface area (Å²) in [4.78, 5) is 10.9. The number of nitrogens with one attached hydrogen (secondary N) is 2. The summed E-state index contributed by atoms with van der Waals surface area (Å²) in [6.07, 6.45) is 0. The second-order valence-corrected chi connectivity index (χ2v) is 6.01. The molecule has 4 N–H and O–H groups in total. The molecule has 7 heteroatoms. The number of anilines is 1. The number of rotatable bonds is 5. The van der Waals surface area contributed by atoms with E-state index in [2.05, 4.69) is 10.0 Å². The van der Waals surface area contributed by atoms with Gasteiger partial charge in [-0.2, -0.15) is 0 Å². The van der Waals surface area contributed by atoms with Crippen molar-refractivity contribution in [3.8, 4) is 0 Å². The maximum Gasteiger partial charge on any atom is 0.241 e. The van der Waals surface area contributed by atoms with Crippen LogP contribution in [0.5, 0.6) is 0 Å². The Balaban J connectivity index is 2.89. The largest absolute Gasteiger partial charge is 0.398 e. The Morgan fingerprint density at radius 2 is 1.89 bits per heavy atom. The van der Waals surface area contributed by atoms with Crippen LogP contribution in [-0.4, -0.2) is 27.4 Å². The van der Waals surface area contributed by atoms with Crippen molar-refractivity contribution in [2.75, 3.05) is 18.8 Å². The fraction of sp³-hybridized carbons (Fsp3) is 0.417. The highest BCUT2D eigenvalue weighted by Crippen LogP contribution is 2.24. The van der Waals surface area contributed by atoms with E-state index in [4.69, 9.17) is 5.73 Å². The van der Waals surface area contributed by atoms with E-state index in [0.717, 1.165) is 0 Å². The van der Waals surface area contributed by atoms with Crippen molar-refractivity contribution in [3.63, 3.8) is 0 Å². The molecular formula is C12H19N3O3S. The number of benzene rings is 1. The van der Waals surface area contributed by atoms with Crippen molar-refractivity contribution in [2.24, 2.45) is 0 Å².